The van der Waals surface area contributed by atoms with Gasteiger partial charge in [0.2, 0.25) is 0 Å². The third-order valence-corrected chi connectivity index (χ3v) is 7.57. The first-order valence-electron chi connectivity index (χ1n) is 13.5. The third kappa shape index (κ3) is 5.49. The highest BCUT2D eigenvalue weighted by Crippen LogP contribution is 2.36. The van der Waals surface area contributed by atoms with Crippen molar-refractivity contribution in [1.82, 2.24) is 24.4 Å². The molecule has 2 saturated heterocycles. The van der Waals surface area contributed by atoms with E-state index < -0.39 is 41.7 Å². The highest BCUT2D eigenvalue weighted by atomic mass is 19.3. The minimum absolute atomic E-state index is 0.0555. The summed E-state index contributed by atoms with van der Waals surface area (Å²) in [6, 6.07) is 1.22. The largest absolute Gasteiger partial charge is 0.481 e. The van der Waals surface area contributed by atoms with E-state index in [-0.39, 0.29) is 36.5 Å². The Bertz CT molecular complexity index is 1520. The average Bonchev–Trinajstić information content (AvgIpc) is 3.63. The van der Waals surface area contributed by atoms with Crippen LogP contribution >= 0.6 is 0 Å². The van der Waals surface area contributed by atoms with Crippen LogP contribution in [0.2, 0.25) is 0 Å². The zero-order valence-corrected chi connectivity index (χ0v) is 22.4. The van der Waals surface area contributed by atoms with Crippen LogP contribution in [0.15, 0.2) is 49.0 Å². The summed E-state index contributed by atoms with van der Waals surface area (Å²) in [5, 5.41) is 20.5. The van der Waals surface area contributed by atoms with Gasteiger partial charge in [-0.1, -0.05) is 24.3 Å². The molecule has 2 N–H and O–H groups in total. The van der Waals surface area contributed by atoms with Gasteiger partial charge in [0.05, 0.1) is 49.8 Å². The van der Waals surface area contributed by atoms with Crippen molar-refractivity contribution in [3.05, 3.63) is 60.2 Å². The first-order valence-corrected chi connectivity index (χ1v) is 13.5. The summed E-state index contributed by atoms with van der Waals surface area (Å²) in [7, 11) is 0. The summed E-state index contributed by atoms with van der Waals surface area (Å²) in [6.45, 7) is 2.55. The molecule has 1 amide bonds. The second-order valence-electron chi connectivity index (χ2n) is 10.3. The normalized spacial score (nSPS) is 24.4. The highest BCUT2D eigenvalue weighted by molar-refractivity contribution is 6.08. The Hall–Kier alpha value is -4.21. The SMILES string of the molecule is O=C(Nc1cn(C2COC(CC3(C(=O)O)C=CC=CC3)OC2)nc1C(F)F)c1cnn2ccc(N3CCOCC3)nc12. The molecule has 0 radical (unpaired) electrons. The molecule has 0 saturated carbocycles. The molecule has 5 heterocycles. The lowest BCUT2D eigenvalue weighted by Crippen LogP contribution is -2.40. The molecule has 0 aromatic carbocycles. The van der Waals surface area contributed by atoms with Crippen LogP contribution in [0.25, 0.3) is 5.65 Å². The quantitative estimate of drug-likeness (QED) is 0.405. The fourth-order valence-electron chi connectivity index (χ4n) is 5.19. The number of fused-ring (bicyclic) bond motifs is 1. The molecule has 3 aliphatic rings. The van der Waals surface area contributed by atoms with Crippen LogP contribution in [0, 0.1) is 5.41 Å². The molecule has 15 heteroatoms. The lowest BCUT2D eigenvalue weighted by molar-refractivity contribution is -0.211. The summed E-state index contributed by atoms with van der Waals surface area (Å²) in [5.41, 5.74) is -1.51. The number of ether oxygens (including phenoxy) is 3. The number of nitrogens with one attached hydrogen (secondary N) is 1. The van der Waals surface area contributed by atoms with Crippen molar-refractivity contribution in [2.24, 2.45) is 5.41 Å². The summed E-state index contributed by atoms with van der Waals surface area (Å²) in [4.78, 5) is 31.8. The van der Waals surface area contributed by atoms with Crippen molar-refractivity contribution in [1.29, 1.82) is 0 Å². The van der Waals surface area contributed by atoms with Crippen LogP contribution in [0.3, 0.4) is 0 Å². The maximum absolute atomic E-state index is 14.0. The van der Waals surface area contributed by atoms with Crippen LogP contribution in [0.5, 0.6) is 0 Å². The maximum Gasteiger partial charge on any atom is 0.314 e. The standard InChI is InChI=1S/C27H29F2N7O6/c28-23(29)22-19(31-25(37)18-13-30-35-7-4-20(32-24(18)35)34-8-10-40-11-9-34)14-36(33-22)17-15-41-21(42-16-17)12-27(26(38)39)5-2-1-3-6-27/h1-5,7,13-14,17,21,23H,6,8-12,15-16H2,(H,31,37)(H,38,39). The molecule has 1 unspecified atom stereocenters. The number of hydrogen-bond acceptors (Lipinski definition) is 9. The Morgan fingerprint density at radius 3 is 2.67 bits per heavy atom. The maximum atomic E-state index is 14.0. The van der Waals surface area contributed by atoms with E-state index in [2.05, 4.69) is 20.5 Å². The monoisotopic (exact) mass is 585 g/mol. The molecule has 1 atom stereocenters. The number of aromatic nitrogens is 5. The fourth-order valence-corrected chi connectivity index (χ4v) is 5.19. The van der Waals surface area contributed by atoms with E-state index in [4.69, 9.17) is 14.2 Å². The predicted molar refractivity (Wildman–Crippen MR) is 143 cm³/mol. The molecule has 0 spiro atoms. The zero-order valence-electron chi connectivity index (χ0n) is 22.4. The van der Waals surface area contributed by atoms with Crippen molar-refractivity contribution in [2.45, 2.75) is 31.6 Å². The van der Waals surface area contributed by atoms with E-state index in [0.717, 1.165) is 0 Å². The number of aliphatic carboxylic acids is 1. The Balaban J connectivity index is 1.15. The molecule has 3 aromatic heterocycles. The van der Waals surface area contributed by atoms with E-state index in [1.807, 2.05) is 4.90 Å². The number of halogens is 2. The minimum Gasteiger partial charge on any atom is -0.481 e. The van der Waals surface area contributed by atoms with Crippen molar-refractivity contribution >= 4 is 29.0 Å². The van der Waals surface area contributed by atoms with Crippen molar-refractivity contribution in [3.8, 4) is 0 Å². The summed E-state index contributed by atoms with van der Waals surface area (Å²) in [5.74, 6) is -0.990. The number of rotatable bonds is 8. The number of carboxylic acid groups (broad SMARTS) is 1. The number of nitrogens with zero attached hydrogens (tertiary/aromatic N) is 6. The topological polar surface area (TPSA) is 145 Å². The predicted octanol–water partition coefficient (Wildman–Crippen LogP) is 2.84. The second kappa shape index (κ2) is 11.6. The first-order chi connectivity index (χ1) is 20.3. The Labute approximate surface area is 238 Å². The smallest absolute Gasteiger partial charge is 0.314 e. The molecule has 222 valence electrons. The van der Waals surface area contributed by atoms with Gasteiger partial charge < -0.3 is 29.5 Å². The van der Waals surface area contributed by atoms with Gasteiger partial charge in [-0.25, -0.2) is 18.3 Å². The van der Waals surface area contributed by atoms with Gasteiger partial charge in [0.1, 0.15) is 11.4 Å². The van der Waals surface area contributed by atoms with E-state index in [1.54, 1.807) is 36.6 Å². The van der Waals surface area contributed by atoms with E-state index in [9.17, 15) is 23.5 Å². The number of carbonyl (C=O) groups is 2. The third-order valence-electron chi connectivity index (χ3n) is 7.57. The molecule has 2 aliphatic heterocycles. The Morgan fingerprint density at radius 1 is 1.19 bits per heavy atom. The van der Waals surface area contributed by atoms with Gasteiger partial charge in [-0.2, -0.15) is 10.2 Å². The lowest BCUT2D eigenvalue weighted by atomic mass is 9.78. The number of morpholine rings is 1. The number of anilines is 2. The van der Waals surface area contributed by atoms with Gasteiger partial charge in [-0.05, 0) is 12.5 Å². The lowest BCUT2D eigenvalue weighted by Gasteiger charge is -2.35. The number of hydrogen-bond donors (Lipinski definition) is 2. The second-order valence-corrected chi connectivity index (χ2v) is 10.3. The number of carboxylic acids is 1. The zero-order chi connectivity index (χ0) is 29.3. The van der Waals surface area contributed by atoms with Crippen LogP contribution in [0.4, 0.5) is 20.3 Å². The summed E-state index contributed by atoms with van der Waals surface area (Å²) < 4.78 is 47.5. The number of alkyl halides is 2. The van der Waals surface area contributed by atoms with Crippen LogP contribution < -0.4 is 10.2 Å². The van der Waals surface area contributed by atoms with Crippen LogP contribution in [-0.4, -0.2) is 87.2 Å². The van der Waals surface area contributed by atoms with Gasteiger partial charge in [-0.15, -0.1) is 0 Å². The van der Waals surface area contributed by atoms with Crippen molar-refractivity contribution < 1.29 is 37.7 Å². The van der Waals surface area contributed by atoms with E-state index in [0.29, 0.717) is 38.5 Å². The molecule has 6 rings (SSSR count). The van der Waals surface area contributed by atoms with Gasteiger partial charge in [0.15, 0.2) is 17.6 Å². The van der Waals surface area contributed by atoms with Crippen LogP contribution in [0.1, 0.15) is 41.4 Å². The Morgan fingerprint density at radius 2 is 1.98 bits per heavy atom. The van der Waals surface area contributed by atoms with Crippen LogP contribution in [-0.2, 0) is 19.0 Å². The highest BCUT2D eigenvalue weighted by Gasteiger charge is 2.40. The molecule has 42 heavy (non-hydrogen) atoms. The van der Waals surface area contributed by atoms with Gasteiger partial charge in [0.25, 0.3) is 12.3 Å². The molecular formula is C27H29F2N7O6. The van der Waals surface area contributed by atoms with Gasteiger partial charge in [-0.3, -0.25) is 14.3 Å². The molecule has 13 nitrogen and oxygen atoms in total. The fraction of sp³-hybridized carbons (Fsp3) is 0.444. The molecule has 1 aliphatic carbocycles. The average molecular weight is 586 g/mol. The summed E-state index contributed by atoms with van der Waals surface area (Å²) in [6.07, 6.45) is 7.83. The number of amides is 1. The molecular weight excluding hydrogens is 556 g/mol. The van der Waals surface area contributed by atoms with E-state index >= 15 is 0 Å². The molecule has 0 bridgehead atoms. The van der Waals surface area contributed by atoms with Crippen molar-refractivity contribution in [2.75, 3.05) is 49.7 Å². The van der Waals surface area contributed by atoms with E-state index in [1.165, 1.54) is 21.6 Å². The van der Waals surface area contributed by atoms with Gasteiger partial charge >= 0.3 is 5.97 Å². The molecule has 3 aromatic rings. The van der Waals surface area contributed by atoms with Gasteiger partial charge in [0, 0.05) is 31.9 Å². The number of allylic oxidation sites excluding steroid dienone is 3. The Kier molecular flexibility index (Phi) is 7.70. The summed E-state index contributed by atoms with van der Waals surface area (Å²) >= 11 is 0. The first kappa shape index (κ1) is 27.9. The number of carbonyl (C=O) groups excluding carboxylic acids is 1. The minimum atomic E-state index is -2.96. The molecule has 2 fully saturated rings. The van der Waals surface area contributed by atoms with Crippen molar-refractivity contribution in [3.63, 3.8) is 0 Å².